The zero-order valence-corrected chi connectivity index (χ0v) is 8.54. The van der Waals surface area contributed by atoms with E-state index in [1.807, 2.05) is 0 Å². The van der Waals surface area contributed by atoms with Gasteiger partial charge in [-0.3, -0.25) is 0 Å². The molecule has 0 aromatic carbocycles. The first kappa shape index (κ1) is 10.3. The van der Waals surface area contributed by atoms with E-state index in [9.17, 15) is 0 Å². The van der Waals surface area contributed by atoms with E-state index in [-0.39, 0.29) is 12.4 Å². The van der Waals surface area contributed by atoms with Gasteiger partial charge in [0.25, 0.3) is 0 Å². The summed E-state index contributed by atoms with van der Waals surface area (Å²) in [5, 5.41) is 0. The third-order valence-electron chi connectivity index (χ3n) is 3.64. The quantitative estimate of drug-likeness (QED) is 0.623. The van der Waals surface area contributed by atoms with Crippen LogP contribution in [-0.4, -0.2) is 6.04 Å². The van der Waals surface area contributed by atoms with Crippen molar-refractivity contribution >= 4 is 12.4 Å². The van der Waals surface area contributed by atoms with E-state index in [1.54, 1.807) is 0 Å². The smallest absolute Gasteiger partial charge is 0.00441 e. The predicted molar refractivity (Wildman–Crippen MR) is 54.6 cm³/mol. The van der Waals surface area contributed by atoms with Crippen molar-refractivity contribution in [3.05, 3.63) is 0 Å². The van der Waals surface area contributed by atoms with Crippen molar-refractivity contribution in [3.8, 4) is 0 Å². The normalized spacial score (nSPS) is 33.2. The van der Waals surface area contributed by atoms with Crippen LogP contribution in [0.3, 0.4) is 0 Å². The number of halogens is 1. The summed E-state index contributed by atoms with van der Waals surface area (Å²) in [6.07, 6.45) is 11.3. The second-order valence-corrected chi connectivity index (χ2v) is 4.56. The van der Waals surface area contributed by atoms with Gasteiger partial charge in [0.15, 0.2) is 0 Å². The van der Waals surface area contributed by atoms with Crippen molar-refractivity contribution in [2.75, 3.05) is 0 Å². The molecule has 2 aliphatic rings. The zero-order chi connectivity index (χ0) is 7.73. The first-order valence-corrected chi connectivity index (χ1v) is 5.06. The van der Waals surface area contributed by atoms with Crippen LogP contribution in [0.25, 0.3) is 0 Å². The Morgan fingerprint density at radius 2 is 1.58 bits per heavy atom. The summed E-state index contributed by atoms with van der Waals surface area (Å²) in [5.74, 6) is 0. The van der Waals surface area contributed by atoms with Crippen LogP contribution < -0.4 is 5.73 Å². The Morgan fingerprint density at radius 1 is 1.00 bits per heavy atom. The summed E-state index contributed by atoms with van der Waals surface area (Å²) >= 11 is 0. The average molecular weight is 190 g/mol. The monoisotopic (exact) mass is 189 g/mol. The largest absolute Gasteiger partial charge is 0.328 e. The Bertz CT molecular complexity index is 141. The molecule has 72 valence electrons. The van der Waals surface area contributed by atoms with Gasteiger partial charge in [-0.05, 0) is 37.5 Å². The first-order chi connectivity index (χ1) is 5.31. The van der Waals surface area contributed by atoms with Gasteiger partial charge in [0.1, 0.15) is 0 Å². The highest BCUT2D eigenvalue weighted by Crippen LogP contribution is 2.48. The van der Waals surface area contributed by atoms with Crippen LogP contribution in [0.5, 0.6) is 0 Å². The summed E-state index contributed by atoms with van der Waals surface area (Å²) < 4.78 is 0. The Kier molecular flexibility index (Phi) is 3.42. The molecule has 0 bridgehead atoms. The van der Waals surface area contributed by atoms with Crippen molar-refractivity contribution in [2.45, 2.75) is 57.4 Å². The third-order valence-corrected chi connectivity index (χ3v) is 3.64. The van der Waals surface area contributed by atoms with Crippen molar-refractivity contribution in [3.63, 3.8) is 0 Å². The Labute approximate surface area is 81.5 Å². The van der Waals surface area contributed by atoms with Gasteiger partial charge >= 0.3 is 0 Å². The van der Waals surface area contributed by atoms with Gasteiger partial charge in [-0.1, -0.05) is 19.3 Å². The Balaban J connectivity index is 0.000000720. The van der Waals surface area contributed by atoms with Crippen molar-refractivity contribution < 1.29 is 0 Å². The minimum atomic E-state index is 0. The average Bonchev–Trinajstić information content (AvgIpc) is 2.37. The summed E-state index contributed by atoms with van der Waals surface area (Å²) in [4.78, 5) is 0. The maximum atomic E-state index is 5.99. The van der Waals surface area contributed by atoms with E-state index >= 15 is 0 Å². The van der Waals surface area contributed by atoms with E-state index in [0.29, 0.717) is 6.04 Å². The molecule has 2 rings (SSSR count). The lowest BCUT2D eigenvalue weighted by Crippen LogP contribution is -2.34. The van der Waals surface area contributed by atoms with E-state index < -0.39 is 0 Å². The molecule has 2 heteroatoms. The van der Waals surface area contributed by atoms with E-state index in [4.69, 9.17) is 5.73 Å². The molecule has 0 heterocycles. The number of hydrogen-bond donors (Lipinski definition) is 1. The van der Waals surface area contributed by atoms with Crippen LogP contribution in [0.1, 0.15) is 51.4 Å². The predicted octanol–water partition coefficient (Wildman–Crippen LogP) is 2.87. The maximum Gasteiger partial charge on any atom is 0.00441 e. The molecular formula is C10H20ClN. The van der Waals surface area contributed by atoms with Gasteiger partial charge in [0.05, 0.1) is 0 Å². The maximum absolute atomic E-state index is 5.99. The van der Waals surface area contributed by atoms with Crippen molar-refractivity contribution in [2.24, 2.45) is 11.1 Å². The lowest BCUT2D eigenvalue weighted by Gasteiger charge is -2.36. The van der Waals surface area contributed by atoms with Crippen molar-refractivity contribution in [1.29, 1.82) is 0 Å². The molecule has 0 aromatic rings. The molecule has 2 aliphatic carbocycles. The second kappa shape index (κ2) is 3.97. The first-order valence-electron chi connectivity index (χ1n) is 5.06. The molecule has 1 spiro atoms. The van der Waals surface area contributed by atoms with Gasteiger partial charge < -0.3 is 5.73 Å². The van der Waals surface area contributed by atoms with Crippen molar-refractivity contribution in [1.82, 2.24) is 0 Å². The van der Waals surface area contributed by atoms with Gasteiger partial charge in [-0.25, -0.2) is 0 Å². The van der Waals surface area contributed by atoms with Crippen LogP contribution in [0.15, 0.2) is 0 Å². The fourth-order valence-electron chi connectivity index (χ4n) is 3.08. The highest BCUT2D eigenvalue weighted by Gasteiger charge is 2.37. The molecule has 0 aliphatic heterocycles. The molecule has 2 N–H and O–H groups in total. The molecule has 2 saturated carbocycles. The minimum absolute atomic E-state index is 0. The van der Waals surface area contributed by atoms with Crippen LogP contribution in [-0.2, 0) is 0 Å². The third kappa shape index (κ3) is 1.94. The molecule has 1 unspecified atom stereocenters. The Hall–Kier alpha value is 0.250. The molecular weight excluding hydrogens is 170 g/mol. The zero-order valence-electron chi connectivity index (χ0n) is 7.72. The number of hydrogen-bond acceptors (Lipinski definition) is 1. The van der Waals surface area contributed by atoms with Crippen LogP contribution in [0, 0.1) is 5.41 Å². The number of rotatable bonds is 0. The summed E-state index contributed by atoms with van der Waals surface area (Å²) in [6, 6.07) is 0.529. The molecule has 1 atom stereocenters. The number of nitrogens with two attached hydrogens (primary N) is 1. The van der Waals surface area contributed by atoms with Gasteiger partial charge in [-0.2, -0.15) is 0 Å². The standard InChI is InChI=1S/C10H19N.ClH/c11-9-4-3-7-10(8-9)5-1-2-6-10;/h9H,1-8,11H2;1H. The van der Waals surface area contributed by atoms with E-state index in [1.165, 1.54) is 51.4 Å². The fourth-order valence-corrected chi connectivity index (χ4v) is 3.08. The van der Waals surface area contributed by atoms with Crippen LogP contribution in [0.4, 0.5) is 0 Å². The summed E-state index contributed by atoms with van der Waals surface area (Å²) in [6.45, 7) is 0. The van der Waals surface area contributed by atoms with Gasteiger partial charge in [0, 0.05) is 6.04 Å². The highest BCUT2D eigenvalue weighted by molar-refractivity contribution is 5.85. The summed E-state index contributed by atoms with van der Waals surface area (Å²) in [5.41, 5.74) is 6.71. The van der Waals surface area contributed by atoms with Gasteiger partial charge in [-0.15, -0.1) is 12.4 Å². The SMILES string of the molecule is Cl.NC1CCCC2(CCCC2)C1. The van der Waals surface area contributed by atoms with Gasteiger partial charge in [0.2, 0.25) is 0 Å². The minimum Gasteiger partial charge on any atom is -0.328 e. The van der Waals surface area contributed by atoms with Crippen LogP contribution >= 0.6 is 12.4 Å². The molecule has 0 radical (unpaired) electrons. The lowest BCUT2D eigenvalue weighted by molar-refractivity contribution is 0.178. The van der Waals surface area contributed by atoms with E-state index in [0.717, 1.165) is 5.41 Å². The highest BCUT2D eigenvalue weighted by atomic mass is 35.5. The molecule has 0 aromatic heterocycles. The summed E-state index contributed by atoms with van der Waals surface area (Å²) in [7, 11) is 0. The second-order valence-electron chi connectivity index (χ2n) is 4.56. The topological polar surface area (TPSA) is 26.0 Å². The molecule has 0 saturated heterocycles. The molecule has 0 amide bonds. The van der Waals surface area contributed by atoms with Crippen LogP contribution in [0.2, 0.25) is 0 Å². The fraction of sp³-hybridized carbons (Fsp3) is 1.00. The molecule has 2 fully saturated rings. The molecule has 12 heavy (non-hydrogen) atoms. The molecule has 1 nitrogen and oxygen atoms in total. The Morgan fingerprint density at radius 3 is 2.17 bits per heavy atom. The van der Waals surface area contributed by atoms with E-state index in [2.05, 4.69) is 0 Å². The lowest BCUT2D eigenvalue weighted by atomic mass is 9.71.